The Morgan fingerprint density at radius 1 is 1.37 bits per heavy atom. The Morgan fingerprint density at radius 2 is 2.05 bits per heavy atom. The fourth-order valence-corrected chi connectivity index (χ4v) is 1.52. The maximum atomic E-state index is 13.6. The molecule has 1 aromatic heterocycles. The van der Waals surface area contributed by atoms with Crippen LogP contribution in [-0.2, 0) is 4.74 Å². The molecule has 100 valence electrons. The Kier molecular flexibility index (Phi) is 3.16. The molecule has 0 aliphatic carbocycles. The van der Waals surface area contributed by atoms with Gasteiger partial charge in [-0.05, 0) is 0 Å². The van der Waals surface area contributed by atoms with Gasteiger partial charge in [0.05, 0.1) is 12.8 Å². The van der Waals surface area contributed by atoms with Crippen LogP contribution in [-0.4, -0.2) is 22.6 Å². The average molecular weight is 271 g/mol. The molecule has 0 spiro atoms. The number of benzene rings is 1. The topological polar surface area (TPSA) is 70.1 Å². The summed E-state index contributed by atoms with van der Waals surface area (Å²) in [6.45, 7) is 0. The van der Waals surface area contributed by atoms with Crippen LogP contribution in [0, 0.1) is 17.5 Å². The van der Waals surface area contributed by atoms with E-state index in [1.165, 1.54) is 0 Å². The molecule has 0 radical (unpaired) electrons. The van der Waals surface area contributed by atoms with E-state index in [4.69, 9.17) is 5.73 Å². The Hall–Kier alpha value is -2.51. The van der Waals surface area contributed by atoms with Gasteiger partial charge in [-0.25, -0.2) is 22.9 Å². The summed E-state index contributed by atoms with van der Waals surface area (Å²) in [5.41, 5.74) is 4.81. The molecule has 19 heavy (non-hydrogen) atoms. The zero-order valence-corrected chi connectivity index (χ0v) is 9.65. The van der Waals surface area contributed by atoms with E-state index in [1.807, 2.05) is 0 Å². The molecule has 2 rings (SSSR count). The first kappa shape index (κ1) is 12.9. The third-order valence-corrected chi connectivity index (χ3v) is 2.42. The monoisotopic (exact) mass is 271 g/mol. The molecule has 2 N–H and O–H groups in total. The van der Waals surface area contributed by atoms with Gasteiger partial charge in [0.2, 0.25) is 0 Å². The maximum absolute atomic E-state index is 13.6. The number of hydrogen-bond acceptors (Lipinski definition) is 4. The molecule has 0 aliphatic rings. The van der Waals surface area contributed by atoms with E-state index in [0.29, 0.717) is 6.07 Å². The second-order valence-corrected chi connectivity index (χ2v) is 3.56. The zero-order valence-electron chi connectivity index (χ0n) is 9.65. The van der Waals surface area contributed by atoms with Crippen molar-refractivity contribution < 1.29 is 22.7 Å². The van der Waals surface area contributed by atoms with Crippen LogP contribution in [0.4, 0.5) is 19.0 Å². The Labute approximate surface area is 105 Å². The highest BCUT2D eigenvalue weighted by molar-refractivity contribution is 5.92. The molecule has 5 nitrogen and oxygen atoms in total. The van der Waals surface area contributed by atoms with Gasteiger partial charge in [0.1, 0.15) is 18.0 Å². The van der Waals surface area contributed by atoms with Gasteiger partial charge in [0, 0.05) is 12.1 Å². The minimum Gasteiger partial charge on any atom is -0.464 e. The lowest BCUT2D eigenvalue weighted by Crippen LogP contribution is -2.09. The Morgan fingerprint density at radius 3 is 2.68 bits per heavy atom. The van der Waals surface area contributed by atoms with E-state index < -0.39 is 29.1 Å². The van der Waals surface area contributed by atoms with E-state index in [0.717, 1.165) is 24.1 Å². The zero-order chi connectivity index (χ0) is 14.2. The van der Waals surface area contributed by atoms with Crippen molar-refractivity contribution in [3.05, 3.63) is 41.6 Å². The minimum atomic E-state index is -1.37. The Bertz CT molecular complexity index is 655. The number of carbonyl (C=O) groups excluding carboxylic acids is 1. The highest BCUT2D eigenvalue weighted by Gasteiger charge is 2.20. The first-order chi connectivity index (χ1) is 8.95. The summed E-state index contributed by atoms with van der Waals surface area (Å²) < 4.78 is 45.0. The van der Waals surface area contributed by atoms with Crippen molar-refractivity contribution in [3.63, 3.8) is 0 Å². The second kappa shape index (κ2) is 4.63. The number of imidazole rings is 1. The lowest BCUT2D eigenvalue weighted by molar-refractivity contribution is 0.0596. The highest BCUT2D eigenvalue weighted by atomic mass is 19.2. The third kappa shape index (κ3) is 2.12. The summed E-state index contributed by atoms with van der Waals surface area (Å²) >= 11 is 0. The van der Waals surface area contributed by atoms with E-state index in [-0.39, 0.29) is 11.5 Å². The van der Waals surface area contributed by atoms with Gasteiger partial charge in [-0.3, -0.25) is 4.57 Å². The van der Waals surface area contributed by atoms with Crippen molar-refractivity contribution in [1.82, 2.24) is 9.55 Å². The van der Waals surface area contributed by atoms with Crippen LogP contribution in [0.2, 0.25) is 0 Å². The summed E-state index contributed by atoms with van der Waals surface area (Å²) in [6, 6.07) is 1.13. The Balaban J connectivity index is 2.61. The van der Waals surface area contributed by atoms with Gasteiger partial charge >= 0.3 is 5.97 Å². The molecule has 0 amide bonds. The molecule has 0 fully saturated rings. The number of nitrogens with zero attached hydrogens (tertiary/aromatic N) is 2. The van der Waals surface area contributed by atoms with Crippen LogP contribution >= 0.6 is 0 Å². The molecule has 1 aromatic carbocycles. The number of carbonyl (C=O) groups is 1. The smallest absolute Gasteiger partial charge is 0.360 e. The van der Waals surface area contributed by atoms with Gasteiger partial charge in [0.25, 0.3) is 0 Å². The predicted molar refractivity (Wildman–Crippen MR) is 59.2 cm³/mol. The molecule has 0 saturated carbocycles. The van der Waals surface area contributed by atoms with Crippen molar-refractivity contribution in [1.29, 1.82) is 0 Å². The van der Waals surface area contributed by atoms with E-state index in [2.05, 4.69) is 9.72 Å². The summed E-state index contributed by atoms with van der Waals surface area (Å²) in [5, 5.41) is 0. The fraction of sp³-hybridized carbons (Fsp3) is 0.0909. The van der Waals surface area contributed by atoms with Crippen LogP contribution in [0.25, 0.3) is 5.69 Å². The average Bonchev–Trinajstić information content (AvgIpc) is 2.74. The van der Waals surface area contributed by atoms with Crippen molar-refractivity contribution in [2.24, 2.45) is 0 Å². The van der Waals surface area contributed by atoms with E-state index in [9.17, 15) is 18.0 Å². The van der Waals surface area contributed by atoms with Crippen LogP contribution in [0.1, 0.15) is 10.5 Å². The molecule has 0 aliphatic heterocycles. The summed E-state index contributed by atoms with van der Waals surface area (Å²) in [7, 11) is 1.11. The molecule has 0 unspecified atom stereocenters. The summed E-state index contributed by atoms with van der Waals surface area (Å²) in [6.07, 6.45) is 0.971. The maximum Gasteiger partial charge on any atom is 0.360 e. The molecular formula is C11H8F3N3O2. The standard InChI is InChI=1S/C11H8F3N3O2/c1-19-11(18)9-10(15)17(4-16-9)7-3-5(12)2-6(13)8(7)14/h2-4H,15H2,1H3. The van der Waals surface area contributed by atoms with Crippen LogP contribution in [0.5, 0.6) is 0 Å². The quantitative estimate of drug-likeness (QED) is 0.666. The molecule has 2 aromatic rings. The number of esters is 1. The van der Waals surface area contributed by atoms with E-state index >= 15 is 0 Å². The van der Waals surface area contributed by atoms with Crippen molar-refractivity contribution in [2.45, 2.75) is 0 Å². The number of rotatable bonds is 2. The SMILES string of the molecule is COC(=O)c1ncn(-c2cc(F)cc(F)c2F)c1N. The molecular weight excluding hydrogens is 263 g/mol. The molecule has 8 heteroatoms. The largest absolute Gasteiger partial charge is 0.464 e. The van der Waals surface area contributed by atoms with Crippen molar-refractivity contribution in [3.8, 4) is 5.69 Å². The number of methoxy groups -OCH3 is 1. The first-order valence-electron chi connectivity index (χ1n) is 5.01. The predicted octanol–water partition coefficient (Wildman–Crippen LogP) is 1.66. The summed E-state index contributed by atoms with van der Waals surface area (Å²) in [5.74, 6) is -4.78. The van der Waals surface area contributed by atoms with Crippen LogP contribution in [0.3, 0.4) is 0 Å². The molecule has 1 heterocycles. The fourth-order valence-electron chi connectivity index (χ4n) is 1.52. The third-order valence-electron chi connectivity index (χ3n) is 2.42. The van der Waals surface area contributed by atoms with Gasteiger partial charge in [-0.2, -0.15) is 0 Å². The number of aromatic nitrogens is 2. The first-order valence-corrected chi connectivity index (χ1v) is 5.01. The number of halogens is 3. The molecule has 0 saturated heterocycles. The lowest BCUT2D eigenvalue weighted by atomic mass is 10.2. The van der Waals surface area contributed by atoms with Crippen molar-refractivity contribution >= 4 is 11.8 Å². The molecule has 0 atom stereocenters. The number of ether oxygens (including phenoxy) is 1. The van der Waals surface area contributed by atoms with Crippen LogP contribution < -0.4 is 5.73 Å². The van der Waals surface area contributed by atoms with Gasteiger partial charge < -0.3 is 10.5 Å². The number of nitrogen functional groups attached to an aromatic ring is 1. The normalized spacial score (nSPS) is 10.5. The van der Waals surface area contributed by atoms with Crippen LogP contribution in [0.15, 0.2) is 18.5 Å². The number of nitrogens with two attached hydrogens (primary N) is 1. The second-order valence-electron chi connectivity index (χ2n) is 3.56. The van der Waals surface area contributed by atoms with Gasteiger partial charge in [0.15, 0.2) is 17.3 Å². The van der Waals surface area contributed by atoms with Crippen molar-refractivity contribution in [2.75, 3.05) is 12.8 Å². The highest BCUT2D eigenvalue weighted by Crippen LogP contribution is 2.23. The van der Waals surface area contributed by atoms with Gasteiger partial charge in [-0.1, -0.05) is 0 Å². The number of hydrogen-bond donors (Lipinski definition) is 1. The lowest BCUT2D eigenvalue weighted by Gasteiger charge is -2.07. The number of anilines is 1. The summed E-state index contributed by atoms with van der Waals surface area (Å²) in [4.78, 5) is 14.9. The van der Waals surface area contributed by atoms with E-state index in [1.54, 1.807) is 0 Å². The molecule has 0 bridgehead atoms. The van der Waals surface area contributed by atoms with Gasteiger partial charge in [-0.15, -0.1) is 0 Å². The minimum absolute atomic E-state index is 0.272.